The number of nitrogens with zero attached hydrogens (tertiary/aromatic N) is 4. The van der Waals surface area contributed by atoms with Crippen molar-refractivity contribution in [3.05, 3.63) is 53.5 Å². The maximum absolute atomic E-state index is 12.7. The first-order valence-electron chi connectivity index (χ1n) is 10.7. The lowest BCUT2D eigenvalue weighted by atomic mass is 10.2. The average molecular weight is 486 g/mol. The number of benzene rings is 1. The molecule has 2 aromatic heterocycles. The normalized spacial score (nSPS) is 14.9. The Bertz CT molecular complexity index is 1050. The Labute approximate surface area is 202 Å². The van der Waals surface area contributed by atoms with Gasteiger partial charge >= 0.3 is 0 Å². The molecular formula is C23H27N5O3S2. The molecule has 1 amide bonds. The van der Waals surface area contributed by atoms with Crippen LogP contribution in [0.4, 0.5) is 5.13 Å². The number of hydrogen-bond acceptors (Lipinski definition) is 9. The van der Waals surface area contributed by atoms with E-state index in [1.54, 1.807) is 35.7 Å². The van der Waals surface area contributed by atoms with Crippen LogP contribution in [0.1, 0.15) is 24.2 Å². The van der Waals surface area contributed by atoms with E-state index in [9.17, 15) is 4.79 Å². The van der Waals surface area contributed by atoms with Gasteiger partial charge in [0.05, 0.1) is 11.7 Å². The highest BCUT2D eigenvalue weighted by molar-refractivity contribution is 7.97. The van der Waals surface area contributed by atoms with Gasteiger partial charge in [-0.2, -0.15) is 4.98 Å². The molecule has 0 spiro atoms. The summed E-state index contributed by atoms with van der Waals surface area (Å²) in [5.74, 6) is 0.953. The summed E-state index contributed by atoms with van der Waals surface area (Å²) >= 11 is 3.11. The zero-order valence-electron chi connectivity index (χ0n) is 18.9. The van der Waals surface area contributed by atoms with Gasteiger partial charge in [-0.3, -0.25) is 10.1 Å². The minimum Gasteiger partial charge on any atom is -0.475 e. The largest absolute Gasteiger partial charge is 0.475 e. The molecule has 1 fully saturated rings. The first-order valence-corrected chi connectivity index (χ1v) is 12.4. The molecular weight excluding hydrogens is 458 g/mol. The number of carbonyl (C=O) groups excluding carboxylic acids is 1. The zero-order valence-corrected chi connectivity index (χ0v) is 20.5. The fourth-order valence-electron chi connectivity index (χ4n) is 3.14. The maximum atomic E-state index is 12.7. The number of ether oxygens (including phenoxy) is 2. The quantitative estimate of drug-likeness (QED) is 0.463. The fraction of sp³-hybridized carbons (Fsp3) is 0.348. The summed E-state index contributed by atoms with van der Waals surface area (Å²) in [5.41, 5.74) is 0.382. The van der Waals surface area contributed by atoms with E-state index in [-0.39, 0.29) is 17.9 Å². The number of likely N-dealkylation sites (N-methyl/N-ethyl adjacent to an activating group) is 1. The second-order valence-electron chi connectivity index (χ2n) is 7.89. The second kappa shape index (κ2) is 11.0. The Hall–Kier alpha value is -2.66. The number of rotatable bonds is 8. The molecule has 1 aliphatic rings. The van der Waals surface area contributed by atoms with Crippen molar-refractivity contribution < 1.29 is 14.3 Å². The molecule has 174 valence electrons. The van der Waals surface area contributed by atoms with Crippen LogP contribution in [0.3, 0.4) is 0 Å². The van der Waals surface area contributed by atoms with E-state index in [0.29, 0.717) is 22.3 Å². The smallest absolute Gasteiger partial charge is 0.257 e. The van der Waals surface area contributed by atoms with E-state index in [2.05, 4.69) is 31.5 Å². The van der Waals surface area contributed by atoms with E-state index in [4.69, 9.17) is 9.47 Å². The van der Waals surface area contributed by atoms with E-state index in [1.165, 1.54) is 11.3 Å². The van der Waals surface area contributed by atoms with Gasteiger partial charge in [0.1, 0.15) is 5.75 Å². The third-order valence-corrected chi connectivity index (χ3v) is 6.59. The molecule has 4 rings (SSSR count). The fourth-order valence-corrected chi connectivity index (χ4v) is 4.56. The third kappa shape index (κ3) is 6.91. The van der Waals surface area contributed by atoms with Gasteiger partial charge in [0.25, 0.3) is 5.91 Å². The van der Waals surface area contributed by atoms with Crippen molar-refractivity contribution in [1.29, 1.82) is 0 Å². The zero-order chi connectivity index (χ0) is 23.2. The minimum atomic E-state index is -0.301. The Morgan fingerprint density at radius 2 is 1.85 bits per heavy atom. The molecule has 0 saturated carbocycles. The molecule has 10 heteroatoms. The van der Waals surface area contributed by atoms with Crippen molar-refractivity contribution in [2.75, 3.05) is 38.5 Å². The molecule has 33 heavy (non-hydrogen) atoms. The molecule has 0 radical (unpaired) electrons. The highest BCUT2D eigenvalue weighted by Gasteiger charge is 2.16. The Kier molecular flexibility index (Phi) is 7.81. The molecule has 3 aromatic rings. The molecule has 1 aliphatic heterocycles. The highest BCUT2D eigenvalue weighted by atomic mass is 32.2. The highest BCUT2D eigenvalue weighted by Crippen LogP contribution is 2.29. The molecule has 8 nitrogen and oxygen atoms in total. The van der Waals surface area contributed by atoms with Crippen molar-refractivity contribution in [1.82, 2.24) is 19.2 Å². The summed E-state index contributed by atoms with van der Waals surface area (Å²) in [6.07, 6.45) is 1.55. The molecule has 1 N–H and O–H groups in total. The van der Waals surface area contributed by atoms with Crippen LogP contribution in [0.25, 0.3) is 0 Å². The number of thiazole rings is 1. The number of nitrogens with one attached hydrogen (secondary N) is 1. The molecule has 1 saturated heterocycles. The molecule has 1 aromatic carbocycles. The first-order chi connectivity index (χ1) is 15.9. The lowest BCUT2D eigenvalue weighted by Crippen LogP contribution is -2.40. The minimum absolute atomic E-state index is 0.0893. The number of piperazine rings is 1. The van der Waals surface area contributed by atoms with Crippen molar-refractivity contribution in [3.63, 3.8) is 0 Å². The lowest BCUT2D eigenvalue weighted by Gasteiger charge is -2.31. The Balaban J connectivity index is 1.46. The maximum Gasteiger partial charge on any atom is 0.257 e. The summed E-state index contributed by atoms with van der Waals surface area (Å²) in [7, 11) is 2.15. The topological polar surface area (TPSA) is 79.8 Å². The number of aromatic nitrogens is 2. The van der Waals surface area contributed by atoms with Crippen LogP contribution in [0.15, 0.2) is 52.9 Å². The van der Waals surface area contributed by atoms with Gasteiger partial charge in [-0.15, -0.1) is 11.3 Å². The van der Waals surface area contributed by atoms with E-state index >= 15 is 0 Å². The molecule has 0 bridgehead atoms. The number of hydrogen-bond donors (Lipinski definition) is 1. The predicted molar refractivity (Wildman–Crippen MR) is 132 cm³/mol. The monoisotopic (exact) mass is 485 g/mol. The summed E-state index contributed by atoms with van der Waals surface area (Å²) in [5, 5.41) is 5.11. The third-order valence-electron chi connectivity index (χ3n) is 4.79. The van der Waals surface area contributed by atoms with Gasteiger partial charge in [-0.1, -0.05) is 0 Å². The molecule has 3 heterocycles. The van der Waals surface area contributed by atoms with Crippen molar-refractivity contribution >= 4 is 34.3 Å². The van der Waals surface area contributed by atoms with Crippen LogP contribution in [-0.2, 0) is 0 Å². The van der Waals surface area contributed by atoms with Gasteiger partial charge < -0.3 is 14.4 Å². The van der Waals surface area contributed by atoms with Gasteiger partial charge in [-0.05, 0) is 57.1 Å². The second-order valence-corrected chi connectivity index (χ2v) is 9.95. The van der Waals surface area contributed by atoms with Gasteiger partial charge in [0, 0.05) is 54.8 Å². The SMILES string of the molecule is CC(C)Oc1cc(C(=O)Nc2nccs2)cc(Oc2ccc(SN3CCN(C)CC3)cc2)n1. The van der Waals surface area contributed by atoms with Gasteiger partial charge in [0.2, 0.25) is 11.8 Å². The van der Waals surface area contributed by atoms with Crippen molar-refractivity contribution in [3.8, 4) is 17.5 Å². The van der Waals surface area contributed by atoms with E-state index in [1.807, 2.05) is 38.1 Å². The molecule has 0 aliphatic carbocycles. The molecule has 0 unspecified atom stereocenters. The van der Waals surface area contributed by atoms with Crippen LogP contribution in [0.2, 0.25) is 0 Å². The summed E-state index contributed by atoms with van der Waals surface area (Å²) < 4.78 is 14.1. The first kappa shape index (κ1) is 23.5. The van der Waals surface area contributed by atoms with Gasteiger partial charge in [-0.25, -0.2) is 9.29 Å². The standard InChI is InChI=1S/C23H27N5O3S2/c1-16(2)30-20-14-17(22(29)26-23-24-8-13-32-23)15-21(25-20)31-18-4-6-19(7-5-18)33-28-11-9-27(3)10-12-28/h4-8,13-16H,9-12H2,1-3H3,(H,24,26,29). The van der Waals surface area contributed by atoms with Crippen LogP contribution in [0.5, 0.6) is 17.5 Å². The van der Waals surface area contributed by atoms with E-state index < -0.39 is 0 Å². The summed E-state index contributed by atoms with van der Waals surface area (Å²) in [4.78, 5) is 24.7. The summed E-state index contributed by atoms with van der Waals surface area (Å²) in [6, 6.07) is 11.1. The number of amides is 1. The molecule has 0 atom stereocenters. The Morgan fingerprint density at radius 3 is 2.52 bits per heavy atom. The number of anilines is 1. The van der Waals surface area contributed by atoms with Crippen LogP contribution < -0.4 is 14.8 Å². The van der Waals surface area contributed by atoms with Crippen LogP contribution in [0, 0.1) is 0 Å². The Morgan fingerprint density at radius 1 is 1.12 bits per heavy atom. The van der Waals surface area contributed by atoms with Crippen molar-refractivity contribution in [2.45, 2.75) is 24.8 Å². The summed E-state index contributed by atoms with van der Waals surface area (Å²) in [6.45, 7) is 8.04. The number of carbonyl (C=O) groups is 1. The predicted octanol–water partition coefficient (Wildman–Crippen LogP) is 4.62. The average Bonchev–Trinajstić information content (AvgIpc) is 3.29. The van der Waals surface area contributed by atoms with Gasteiger partial charge in [0.15, 0.2) is 5.13 Å². The lowest BCUT2D eigenvalue weighted by molar-refractivity contribution is 0.102. The van der Waals surface area contributed by atoms with E-state index in [0.717, 1.165) is 31.1 Å². The number of pyridine rings is 1. The van der Waals surface area contributed by atoms with Crippen molar-refractivity contribution in [2.24, 2.45) is 0 Å². The van der Waals surface area contributed by atoms with Crippen LogP contribution in [-0.4, -0.2) is 64.4 Å². The van der Waals surface area contributed by atoms with Crippen LogP contribution >= 0.6 is 23.3 Å².